The van der Waals surface area contributed by atoms with Crippen LogP contribution < -0.4 is 10.1 Å². The third-order valence-corrected chi connectivity index (χ3v) is 2.65. The van der Waals surface area contributed by atoms with Gasteiger partial charge in [0, 0.05) is 5.56 Å². The summed E-state index contributed by atoms with van der Waals surface area (Å²) in [5.74, 6) is -0.278. The minimum atomic E-state index is -0.421. The maximum Gasteiger partial charge on any atom is 0.273 e. The van der Waals surface area contributed by atoms with Crippen molar-refractivity contribution in [3.8, 4) is 5.75 Å². The third-order valence-electron chi connectivity index (χ3n) is 2.65. The number of halogens is 1. The Morgan fingerprint density at radius 2 is 2.32 bits per heavy atom. The highest BCUT2D eigenvalue weighted by Crippen LogP contribution is 2.25. The molecule has 7 heteroatoms. The second-order valence-electron chi connectivity index (χ2n) is 3.94. The Morgan fingerprint density at radius 3 is 2.95 bits per heavy atom. The van der Waals surface area contributed by atoms with Crippen LogP contribution in [-0.2, 0) is 0 Å². The average molecular weight is 264 g/mol. The molecule has 1 heterocycles. The van der Waals surface area contributed by atoms with Crippen molar-refractivity contribution in [2.45, 2.75) is 13.0 Å². The molecule has 1 atom stereocenters. The molecule has 0 radical (unpaired) electrons. The highest BCUT2D eigenvalue weighted by molar-refractivity contribution is 5.92. The van der Waals surface area contributed by atoms with Gasteiger partial charge >= 0.3 is 0 Å². The molecule has 100 valence electrons. The number of amides is 1. The van der Waals surface area contributed by atoms with Crippen LogP contribution in [0.25, 0.3) is 0 Å². The molecule has 6 nitrogen and oxygen atoms in total. The molecule has 1 aromatic heterocycles. The molecule has 19 heavy (non-hydrogen) atoms. The van der Waals surface area contributed by atoms with Crippen molar-refractivity contribution in [2.75, 3.05) is 7.11 Å². The summed E-state index contributed by atoms with van der Waals surface area (Å²) in [6.45, 7) is 1.73. The van der Waals surface area contributed by atoms with Crippen molar-refractivity contribution in [1.29, 1.82) is 0 Å². The van der Waals surface area contributed by atoms with Gasteiger partial charge in [0.2, 0.25) is 0 Å². The van der Waals surface area contributed by atoms with E-state index in [1.807, 2.05) is 0 Å². The average Bonchev–Trinajstić information content (AvgIpc) is 2.92. The highest BCUT2D eigenvalue weighted by Gasteiger charge is 2.17. The van der Waals surface area contributed by atoms with Crippen LogP contribution in [0.5, 0.6) is 5.75 Å². The van der Waals surface area contributed by atoms with E-state index in [0.29, 0.717) is 11.3 Å². The fourth-order valence-corrected chi connectivity index (χ4v) is 1.70. The molecule has 2 N–H and O–H groups in total. The van der Waals surface area contributed by atoms with Crippen molar-refractivity contribution in [3.05, 3.63) is 41.5 Å². The molecule has 2 aromatic rings. The number of nitrogens with one attached hydrogen (secondary N) is 2. The number of H-pyrrole nitrogens is 1. The van der Waals surface area contributed by atoms with E-state index >= 15 is 0 Å². The summed E-state index contributed by atoms with van der Waals surface area (Å²) in [6.07, 6.45) is 1.31. The van der Waals surface area contributed by atoms with Crippen LogP contribution >= 0.6 is 0 Å². The summed E-state index contributed by atoms with van der Waals surface area (Å²) in [4.78, 5) is 11.8. The number of benzene rings is 1. The van der Waals surface area contributed by atoms with Gasteiger partial charge in [0.1, 0.15) is 11.6 Å². The first-order valence-corrected chi connectivity index (χ1v) is 5.62. The normalized spacial score (nSPS) is 11.9. The number of carbonyl (C=O) groups is 1. The zero-order valence-electron chi connectivity index (χ0n) is 10.5. The Labute approximate surface area is 109 Å². The molecule has 1 unspecified atom stereocenters. The summed E-state index contributed by atoms with van der Waals surface area (Å²) >= 11 is 0. The Kier molecular flexibility index (Phi) is 3.74. The van der Waals surface area contributed by atoms with Crippen LogP contribution in [-0.4, -0.2) is 28.4 Å². The maximum atomic E-state index is 13.3. The lowest BCUT2D eigenvalue weighted by molar-refractivity contribution is 0.0934. The molecule has 2 rings (SSSR count). The number of hydrogen-bond donors (Lipinski definition) is 2. The van der Waals surface area contributed by atoms with Gasteiger partial charge in [-0.25, -0.2) is 4.39 Å². The fourth-order valence-electron chi connectivity index (χ4n) is 1.70. The zero-order chi connectivity index (χ0) is 13.8. The summed E-state index contributed by atoms with van der Waals surface area (Å²) < 4.78 is 18.4. The number of hydrogen-bond acceptors (Lipinski definition) is 4. The molecule has 0 aliphatic rings. The van der Waals surface area contributed by atoms with Crippen molar-refractivity contribution >= 4 is 5.91 Å². The van der Waals surface area contributed by atoms with Gasteiger partial charge in [-0.3, -0.25) is 4.79 Å². The number of ether oxygens (including phenoxy) is 1. The van der Waals surface area contributed by atoms with Gasteiger partial charge in [0.15, 0.2) is 5.69 Å². The van der Waals surface area contributed by atoms with Crippen LogP contribution in [0, 0.1) is 5.82 Å². The second-order valence-corrected chi connectivity index (χ2v) is 3.94. The van der Waals surface area contributed by atoms with Crippen LogP contribution in [0.4, 0.5) is 4.39 Å². The van der Waals surface area contributed by atoms with E-state index in [-0.39, 0.29) is 5.69 Å². The van der Waals surface area contributed by atoms with Crippen LogP contribution in [0.2, 0.25) is 0 Å². The SMILES string of the molecule is COc1ccc(F)cc1C(C)NC(=O)c1cn[nH]n1. The highest BCUT2D eigenvalue weighted by atomic mass is 19.1. The zero-order valence-corrected chi connectivity index (χ0v) is 10.5. The van der Waals surface area contributed by atoms with E-state index < -0.39 is 17.8 Å². The lowest BCUT2D eigenvalue weighted by atomic mass is 10.1. The lowest BCUT2D eigenvalue weighted by Crippen LogP contribution is -2.27. The molecule has 1 aromatic carbocycles. The minimum Gasteiger partial charge on any atom is -0.496 e. The first kappa shape index (κ1) is 13.0. The van der Waals surface area contributed by atoms with Crippen LogP contribution in [0.1, 0.15) is 29.0 Å². The molecule has 0 spiro atoms. The van der Waals surface area contributed by atoms with E-state index in [2.05, 4.69) is 20.7 Å². The maximum absolute atomic E-state index is 13.3. The molecule has 0 aliphatic carbocycles. The predicted octanol–water partition coefficient (Wildman–Crippen LogP) is 1.44. The monoisotopic (exact) mass is 264 g/mol. The number of nitrogens with zero attached hydrogens (tertiary/aromatic N) is 2. The molecule has 0 saturated heterocycles. The van der Waals surface area contributed by atoms with Crippen LogP contribution in [0.15, 0.2) is 24.4 Å². The van der Waals surface area contributed by atoms with E-state index in [1.54, 1.807) is 6.92 Å². The summed E-state index contributed by atoms with van der Waals surface area (Å²) in [7, 11) is 1.49. The third kappa shape index (κ3) is 2.87. The Hall–Kier alpha value is -2.44. The van der Waals surface area contributed by atoms with Crippen molar-refractivity contribution in [3.63, 3.8) is 0 Å². The van der Waals surface area contributed by atoms with Gasteiger partial charge < -0.3 is 10.1 Å². The quantitative estimate of drug-likeness (QED) is 0.875. The van der Waals surface area contributed by atoms with Gasteiger partial charge in [0.05, 0.1) is 19.3 Å². The molecular weight excluding hydrogens is 251 g/mol. The van der Waals surface area contributed by atoms with Gasteiger partial charge in [0.25, 0.3) is 5.91 Å². The largest absolute Gasteiger partial charge is 0.496 e. The number of aromatic nitrogens is 3. The van der Waals surface area contributed by atoms with Gasteiger partial charge in [-0.05, 0) is 25.1 Å². The lowest BCUT2D eigenvalue weighted by Gasteiger charge is -2.16. The van der Waals surface area contributed by atoms with Crippen molar-refractivity contribution in [2.24, 2.45) is 0 Å². The first-order valence-electron chi connectivity index (χ1n) is 5.62. The fraction of sp³-hybridized carbons (Fsp3) is 0.250. The molecule has 0 fully saturated rings. The van der Waals surface area contributed by atoms with E-state index in [1.165, 1.54) is 31.5 Å². The Balaban J connectivity index is 2.18. The molecule has 0 bridgehead atoms. The summed E-state index contributed by atoms with van der Waals surface area (Å²) in [6, 6.07) is 3.72. The second kappa shape index (κ2) is 5.47. The minimum absolute atomic E-state index is 0.169. The van der Waals surface area contributed by atoms with E-state index in [4.69, 9.17) is 4.74 Å². The van der Waals surface area contributed by atoms with Gasteiger partial charge in [-0.2, -0.15) is 15.4 Å². The molecule has 0 saturated carbocycles. The topological polar surface area (TPSA) is 79.9 Å². The number of carbonyl (C=O) groups excluding carboxylic acids is 1. The Morgan fingerprint density at radius 1 is 1.53 bits per heavy atom. The Bertz CT molecular complexity index is 571. The number of rotatable bonds is 4. The molecule has 1 amide bonds. The molecule has 0 aliphatic heterocycles. The van der Waals surface area contributed by atoms with E-state index in [0.717, 1.165) is 0 Å². The van der Waals surface area contributed by atoms with Crippen molar-refractivity contribution < 1.29 is 13.9 Å². The van der Waals surface area contributed by atoms with Gasteiger partial charge in [-0.15, -0.1) is 0 Å². The van der Waals surface area contributed by atoms with Crippen LogP contribution in [0.3, 0.4) is 0 Å². The number of aromatic amines is 1. The standard InChI is InChI=1S/C12H13FN4O2/c1-7(15-12(18)10-6-14-17-16-10)9-5-8(13)3-4-11(9)19-2/h3-7H,1-2H3,(H,15,18)(H,14,16,17). The smallest absolute Gasteiger partial charge is 0.273 e. The first-order chi connectivity index (χ1) is 9.11. The molecular formula is C12H13FN4O2. The van der Waals surface area contributed by atoms with Crippen molar-refractivity contribution in [1.82, 2.24) is 20.7 Å². The number of methoxy groups -OCH3 is 1. The van der Waals surface area contributed by atoms with Gasteiger partial charge in [-0.1, -0.05) is 0 Å². The van der Waals surface area contributed by atoms with E-state index in [9.17, 15) is 9.18 Å². The predicted molar refractivity (Wildman–Crippen MR) is 65.2 cm³/mol. The summed E-state index contributed by atoms with van der Waals surface area (Å²) in [5, 5.41) is 12.3. The summed E-state index contributed by atoms with van der Waals surface area (Å²) in [5.41, 5.74) is 0.724.